The zero-order valence-corrected chi connectivity index (χ0v) is 85.7. The first-order valence-electron chi connectivity index (χ1n) is 47.7. The third kappa shape index (κ3) is 38.4. The average molecular weight is 1960 g/mol. The predicted octanol–water partition coefficient (Wildman–Crippen LogP) is 16.8. The molecule has 0 aliphatic carbocycles. The number of ether oxygens (including phenoxy) is 1. The Morgan fingerprint density at radius 3 is 0.714 bits per heavy atom. The molecule has 3 amide bonds. The third-order valence-corrected chi connectivity index (χ3v) is 27.3. The Labute approximate surface area is 822 Å². The van der Waals surface area contributed by atoms with Crippen LogP contribution in [0.3, 0.4) is 0 Å². The van der Waals surface area contributed by atoms with Crippen LogP contribution in [-0.2, 0) is 47.9 Å². The molecule has 0 spiro atoms. The van der Waals surface area contributed by atoms with Crippen LogP contribution in [0.1, 0.15) is 192 Å². The smallest absolute Gasteiger partial charge is 0.219 e. The Morgan fingerprint density at radius 2 is 0.511 bits per heavy atom. The molecule has 6 heterocycles. The summed E-state index contributed by atoms with van der Waals surface area (Å²) in [6.45, 7) is 49.7. The number of halogens is 6. The number of rotatable bonds is 33. The van der Waals surface area contributed by atoms with E-state index in [1.807, 2.05) is 243 Å². The lowest BCUT2D eigenvalue weighted by Crippen LogP contribution is -2.49. The van der Waals surface area contributed by atoms with E-state index in [9.17, 15) is 48.3 Å². The van der Waals surface area contributed by atoms with Gasteiger partial charge in [0, 0.05) is 263 Å². The van der Waals surface area contributed by atoms with Crippen LogP contribution in [0, 0.1) is 35.5 Å². The maximum absolute atomic E-state index is 12.7. The Kier molecular flexibility index (Phi) is 49.4. The quantitative estimate of drug-likeness (QED) is 0.0347. The van der Waals surface area contributed by atoms with Gasteiger partial charge < -0.3 is 39.9 Å². The van der Waals surface area contributed by atoms with E-state index in [0.29, 0.717) is 62.4 Å². The number of carbonyl (C=O) groups is 9. The minimum Gasteiger partial charge on any atom is -0.395 e. The van der Waals surface area contributed by atoms with E-state index in [2.05, 4.69) is 34.7 Å². The Hall–Kier alpha value is -6.91. The van der Waals surface area contributed by atoms with Gasteiger partial charge in [-0.2, -0.15) is 0 Å². The lowest BCUT2D eigenvalue weighted by atomic mass is 9.88. The molecule has 6 aliphatic heterocycles. The number of likely N-dealkylation sites (tertiary alicyclic amines) is 1. The van der Waals surface area contributed by atoms with Crippen molar-refractivity contribution in [2.45, 2.75) is 171 Å². The number of piperidine rings is 1. The molecule has 7 atom stereocenters. The lowest BCUT2D eigenvalue weighted by Gasteiger charge is -2.36. The second kappa shape index (κ2) is 58.1. The minimum absolute atomic E-state index is 0.00538. The first-order valence-corrected chi connectivity index (χ1v) is 49.9. The molecule has 732 valence electrons. The van der Waals surface area contributed by atoms with Crippen LogP contribution >= 0.6 is 69.6 Å². The third-order valence-electron chi connectivity index (χ3n) is 25.7. The fourth-order valence-electron chi connectivity index (χ4n) is 17.2. The number of ketones is 6. The number of carbonyl (C=O) groups excluding carboxylic acids is 9. The molecule has 6 aromatic carbocycles. The van der Waals surface area contributed by atoms with E-state index in [4.69, 9.17) is 79.4 Å². The molecular weight excluding hydrogens is 1810 g/mol. The largest absolute Gasteiger partial charge is 0.395 e. The van der Waals surface area contributed by atoms with Gasteiger partial charge in [-0.05, 0) is 125 Å². The van der Waals surface area contributed by atoms with Crippen molar-refractivity contribution < 1.29 is 58.1 Å². The summed E-state index contributed by atoms with van der Waals surface area (Å²) in [7, 11) is 0. The van der Waals surface area contributed by atoms with Crippen molar-refractivity contribution >= 4 is 122 Å². The monoisotopic (exact) mass is 1950 g/mol. The zero-order chi connectivity index (χ0) is 97.7. The van der Waals surface area contributed by atoms with Crippen molar-refractivity contribution in [3.63, 3.8) is 0 Å². The lowest BCUT2D eigenvalue weighted by molar-refractivity contribution is -0.131. The number of piperazine rings is 4. The molecule has 6 saturated heterocycles. The van der Waals surface area contributed by atoms with E-state index in [-0.39, 0.29) is 136 Å². The maximum atomic E-state index is 12.7. The molecule has 1 unspecified atom stereocenters. The summed E-state index contributed by atoms with van der Waals surface area (Å²) in [4.78, 5) is 129. The molecule has 0 radical (unpaired) electrons. The second-order valence-electron chi connectivity index (χ2n) is 37.8. The fraction of sp³-hybridized carbons (Fsp3) is 0.571. The number of nitrogens with zero attached hydrogens (tertiary/aromatic N) is 9. The van der Waals surface area contributed by atoms with Gasteiger partial charge in [-0.1, -0.05) is 225 Å². The molecule has 0 bridgehead atoms. The van der Waals surface area contributed by atoms with Gasteiger partial charge >= 0.3 is 0 Å². The molecule has 0 saturated carbocycles. The normalized spacial score (nSPS) is 18.2. The Balaban J connectivity index is 0.000000218. The van der Waals surface area contributed by atoms with Gasteiger partial charge in [-0.15, -0.1) is 0 Å². The van der Waals surface area contributed by atoms with Crippen molar-refractivity contribution in [3.8, 4) is 0 Å². The van der Waals surface area contributed by atoms with Gasteiger partial charge in [-0.25, -0.2) is 0 Å². The summed E-state index contributed by atoms with van der Waals surface area (Å²) in [5.74, 6) is 1.22. The molecule has 28 heteroatoms. The molecule has 0 aromatic heterocycles. The summed E-state index contributed by atoms with van der Waals surface area (Å²) >= 11 is 35.7. The van der Waals surface area contributed by atoms with E-state index < -0.39 is 0 Å². The molecule has 3 N–H and O–H groups in total. The Morgan fingerprint density at radius 1 is 0.308 bits per heavy atom. The highest BCUT2D eigenvalue weighted by Crippen LogP contribution is 2.32. The number of benzene rings is 6. The summed E-state index contributed by atoms with van der Waals surface area (Å²) in [5, 5.41) is 26.2. The number of aliphatic hydroxyl groups excluding tert-OH is 2. The molecule has 133 heavy (non-hydrogen) atoms. The van der Waals surface area contributed by atoms with E-state index in [0.717, 1.165) is 203 Å². The highest BCUT2D eigenvalue weighted by atomic mass is 35.5. The summed E-state index contributed by atoms with van der Waals surface area (Å²) in [5.41, 5.74) is 6.15. The molecular formula is C105H148Cl6N10O12. The zero-order valence-electron chi connectivity index (χ0n) is 81.1. The van der Waals surface area contributed by atoms with E-state index in [1.54, 1.807) is 20.8 Å². The van der Waals surface area contributed by atoms with Crippen LogP contribution in [-0.4, -0.2) is 302 Å². The van der Waals surface area contributed by atoms with E-state index >= 15 is 0 Å². The number of amides is 3. The van der Waals surface area contributed by atoms with Crippen molar-refractivity contribution in [2.24, 2.45) is 35.5 Å². The van der Waals surface area contributed by atoms with Gasteiger partial charge in [0.05, 0.1) is 54.8 Å². The van der Waals surface area contributed by atoms with Crippen LogP contribution in [0.25, 0.3) is 0 Å². The van der Waals surface area contributed by atoms with Gasteiger partial charge in [0.15, 0.2) is 0 Å². The van der Waals surface area contributed by atoms with Gasteiger partial charge in [0.2, 0.25) is 17.7 Å². The highest BCUT2D eigenvalue weighted by Gasteiger charge is 2.35. The standard InChI is InChI=1S/3C18H25ClN2O2.C18H27ClN2O2.C17H24ClNO2.C16H22ClNO2/c3*1-13(2)18(23)17(15-4-6-16(19)7-5-15)12-20-8-10-21(11-9-20)14(3)22;1-14(2)18(23)17(15-3-5-16(19)6-4-15)13-21-9-7-20(8-10-21)11-12-22;1-12(2)17(21)16(13-3-5-14(18)6-4-13)11-19-9-7-15(20)8-10-19;1-11(2)16(19)15(9-18-14-7-8-20-10-14)12-3-5-13(17)6-4-12/h3*4-7,13,17H,8-12H2,1-3H3;3-6,14,17,22H,7-13H2,1-2H3;3-6,12,15-16,20H,7-11H2,1-2H3;3-6,11,14-15,18H,7-10H2,1-2H3/t4*17-;16-;14?,15-/m110011/s1. The van der Waals surface area contributed by atoms with Gasteiger partial charge in [0.1, 0.15) is 34.7 Å². The molecule has 6 fully saturated rings. The maximum Gasteiger partial charge on any atom is 0.219 e. The fourth-order valence-corrected chi connectivity index (χ4v) is 18.0. The number of hydrogen-bond acceptors (Lipinski definition) is 19. The van der Waals surface area contributed by atoms with Crippen molar-refractivity contribution in [1.82, 2.24) is 49.4 Å². The number of Topliss-reactive ketones (excluding diaryl/α,β-unsaturated/α-hetero) is 6. The van der Waals surface area contributed by atoms with Crippen LogP contribution in [0.15, 0.2) is 146 Å². The van der Waals surface area contributed by atoms with Crippen molar-refractivity contribution in [2.75, 3.05) is 183 Å². The summed E-state index contributed by atoms with van der Waals surface area (Å²) in [6.07, 6.45) is 2.42. The minimum atomic E-state index is -0.184. The van der Waals surface area contributed by atoms with Crippen LogP contribution in [0.4, 0.5) is 0 Å². The topological polar surface area (TPSA) is 245 Å². The second-order valence-corrected chi connectivity index (χ2v) is 40.4. The predicted molar refractivity (Wildman–Crippen MR) is 539 cm³/mol. The van der Waals surface area contributed by atoms with Gasteiger partial charge in [-0.3, -0.25) is 67.7 Å². The highest BCUT2D eigenvalue weighted by molar-refractivity contribution is 6.32. The van der Waals surface area contributed by atoms with Crippen LogP contribution in [0.5, 0.6) is 0 Å². The molecule has 6 aromatic rings. The molecule has 12 rings (SSSR count). The number of nitrogens with one attached hydrogen (secondary N) is 1. The summed E-state index contributed by atoms with van der Waals surface area (Å²) < 4.78 is 5.35. The average Bonchev–Trinajstić information content (AvgIpc) is 1.62. The van der Waals surface area contributed by atoms with Crippen LogP contribution in [0.2, 0.25) is 30.1 Å². The first kappa shape index (κ1) is 113. The van der Waals surface area contributed by atoms with Gasteiger partial charge in [0.25, 0.3) is 0 Å². The number of aliphatic hydroxyl groups is 2. The number of hydrogen-bond donors (Lipinski definition) is 3. The molecule has 22 nitrogen and oxygen atoms in total. The number of β-amino-alcohol motifs (C(OH)–C–C–N with tert-alkyl or cyclic N) is 1. The van der Waals surface area contributed by atoms with Crippen molar-refractivity contribution in [3.05, 3.63) is 209 Å². The molecule has 6 aliphatic rings. The van der Waals surface area contributed by atoms with E-state index in [1.165, 1.54) is 0 Å². The SMILES string of the molecule is CC(=O)N1CCN(C[C@@H](C(=O)C(C)C)c2ccc(Cl)cc2)CC1.CC(=O)N1CCN(C[C@@H](C(=O)C(C)C)c2ccc(Cl)cc2)CC1.CC(=O)N1CCN(C[C@H](C(=O)C(C)C)c2ccc(Cl)cc2)CC1.CC(C)C(=O)[C@@H](CN1CCN(CCO)CC1)c1ccc(Cl)cc1.CC(C)C(=O)[C@H](CN1CCC(O)CC1)c1ccc(Cl)cc1.CC(C)C(=O)[C@H](CNC1CCOC1)c1ccc(Cl)cc1. The summed E-state index contributed by atoms with van der Waals surface area (Å²) in [6, 6.07) is 45.9. The Bertz CT molecular complexity index is 4280. The first-order chi connectivity index (χ1) is 63.2. The van der Waals surface area contributed by atoms with Crippen molar-refractivity contribution in [1.29, 1.82) is 0 Å². The van der Waals surface area contributed by atoms with Crippen LogP contribution < -0.4 is 5.32 Å².